The van der Waals surface area contributed by atoms with Crippen LogP contribution >= 0.6 is 0 Å². The molecule has 0 bridgehead atoms. The van der Waals surface area contributed by atoms with Gasteiger partial charge in [-0.1, -0.05) is 24.0 Å². The summed E-state index contributed by atoms with van der Waals surface area (Å²) in [6.07, 6.45) is 0.164. The predicted molar refractivity (Wildman–Crippen MR) is 50.4 cm³/mol. The van der Waals surface area contributed by atoms with Gasteiger partial charge in [0.15, 0.2) is 0 Å². The van der Waals surface area contributed by atoms with Crippen LogP contribution in [0.2, 0.25) is 0 Å². The van der Waals surface area contributed by atoms with Crippen molar-refractivity contribution >= 4 is 6.29 Å². The van der Waals surface area contributed by atoms with E-state index in [9.17, 15) is 4.79 Å². The van der Waals surface area contributed by atoms with Gasteiger partial charge in [0.25, 0.3) is 0 Å². The van der Waals surface area contributed by atoms with E-state index in [4.69, 9.17) is 5.11 Å². The summed E-state index contributed by atoms with van der Waals surface area (Å²) in [5.41, 5.74) is 1.43. The molecule has 2 nitrogen and oxygen atoms in total. The maximum absolute atomic E-state index is 10.3. The second-order valence-electron chi connectivity index (χ2n) is 2.69. The number of hydrogen-bond donors (Lipinski definition) is 1. The van der Waals surface area contributed by atoms with Crippen LogP contribution in [0.1, 0.15) is 22.8 Å². The molecule has 0 aromatic heterocycles. The third kappa shape index (κ3) is 3.10. The molecule has 0 radical (unpaired) electrons. The second-order valence-corrected chi connectivity index (χ2v) is 2.69. The second kappa shape index (κ2) is 4.44. The number of carbonyl (C=O) groups is 1. The minimum Gasteiger partial charge on any atom is -0.381 e. The summed E-state index contributed by atoms with van der Waals surface area (Å²) in [6, 6.07) is 6.89. The summed E-state index contributed by atoms with van der Waals surface area (Å²) >= 11 is 0. The minimum atomic E-state index is -0.620. The Morgan fingerprint density at radius 2 is 2.00 bits per heavy atom. The molecule has 2 heteroatoms. The third-order valence-electron chi connectivity index (χ3n) is 1.47. The smallest absolute Gasteiger partial charge is 0.150 e. The van der Waals surface area contributed by atoms with E-state index in [2.05, 4.69) is 11.8 Å². The van der Waals surface area contributed by atoms with Gasteiger partial charge in [0.05, 0.1) is 0 Å². The molecule has 1 unspecified atom stereocenters. The zero-order chi connectivity index (χ0) is 9.68. The van der Waals surface area contributed by atoms with Crippen LogP contribution in [-0.4, -0.2) is 17.5 Å². The van der Waals surface area contributed by atoms with Crippen LogP contribution in [0.4, 0.5) is 0 Å². The van der Waals surface area contributed by atoms with Gasteiger partial charge in [-0.25, -0.2) is 0 Å². The first-order chi connectivity index (χ1) is 6.22. The topological polar surface area (TPSA) is 37.3 Å². The maximum atomic E-state index is 10.3. The molecule has 0 spiro atoms. The van der Waals surface area contributed by atoms with Crippen molar-refractivity contribution in [1.82, 2.24) is 0 Å². The number of aliphatic hydroxyl groups excluding tert-OH is 1. The summed E-state index contributed by atoms with van der Waals surface area (Å²) in [6.45, 7) is 1.60. The number of aldehydes is 1. The quantitative estimate of drug-likeness (QED) is 0.513. The Morgan fingerprint density at radius 1 is 1.38 bits per heavy atom. The van der Waals surface area contributed by atoms with Gasteiger partial charge >= 0.3 is 0 Å². The molecule has 0 heterocycles. The van der Waals surface area contributed by atoms with Gasteiger partial charge in [0, 0.05) is 11.1 Å². The van der Waals surface area contributed by atoms with E-state index in [0.29, 0.717) is 5.56 Å². The summed E-state index contributed by atoms with van der Waals surface area (Å²) in [4.78, 5) is 10.3. The summed E-state index contributed by atoms with van der Waals surface area (Å²) in [7, 11) is 0. The van der Waals surface area contributed by atoms with Crippen molar-refractivity contribution in [3.8, 4) is 11.8 Å². The van der Waals surface area contributed by atoms with Crippen LogP contribution in [0.15, 0.2) is 24.3 Å². The standard InChI is InChI=1S/C11H10O2/c1-9(13)2-3-10-4-6-11(8-12)7-5-10/h4-9,13H,1H3. The van der Waals surface area contributed by atoms with E-state index >= 15 is 0 Å². The fraction of sp³-hybridized carbons (Fsp3) is 0.182. The highest BCUT2D eigenvalue weighted by molar-refractivity contribution is 5.74. The fourth-order valence-corrected chi connectivity index (χ4v) is 0.833. The minimum absolute atomic E-state index is 0.620. The molecule has 0 amide bonds. The SMILES string of the molecule is CC(O)C#Cc1ccc(C=O)cc1. The Labute approximate surface area is 77.2 Å². The van der Waals surface area contributed by atoms with Crippen LogP contribution in [0.5, 0.6) is 0 Å². The van der Waals surface area contributed by atoms with Gasteiger partial charge in [0.1, 0.15) is 12.4 Å². The lowest BCUT2D eigenvalue weighted by Crippen LogP contribution is -1.92. The monoisotopic (exact) mass is 174 g/mol. The van der Waals surface area contributed by atoms with Crippen LogP contribution in [0.3, 0.4) is 0 Å². The third-order valence-corrected chi connectivity index (χ3v) is 1.47. The number of carbonyl (C=O) groups excluding carboxylic acids is 1. The Kier molecular flexibility index (Phi) is 3.24. The van der Waals surface area contributed by atoms with E-state index in [1.54, 1.807) is 31.2 Å². The molecular formula is C11H10O2. The zero-order valence-corrected chi connectivity index (χ0v) is 7.32. The number of aliphatic hydroxyl groups is 1. The van der Waals surface area contributed by atoms with Gasteiger partial charge in [-0.3, -0.25) is 4.79 Å². The molecule has 1 aromatic rings. The van der Waals surface area contributed by atoms with Crippen molar-refractivity contribution < 1.29 is 9.90 Å². The Morgan fingerprint density at radius 3 is 2.46 bits per heavy atom. The van der Waals surface area contributed by atoms with Gasteiger partial charge in [0.2, 0.25) is 0 Å². The average molecular weight is 174 g/mol. The fourth-order valence-electron chi connectivity index (χ4n) is 0.833. The van der Waals surface area contributed by atoms with Crippen molar-refractivity contribution in [2.45, 2.75) is 13.0 Å². The van der Waals surface area contributed by atoms with Crippen molar-refractivity contribution in [3.05, 3.63) is 35.4 Å². The molecule has 0 saturated carbocycles. The molecule has 1 aromatic carbocycles. The van der Waals surface area contributed by atoms with Gasteiger partial charge < -0.3 is 5.11 Å². The van der Waals surface area contributed by atoms with Crippen molar-refractivity contribution in [3.63, 3.8) is 0 Å². The van der Waals surface area contributed by atoms with E-state index in [0.717, 1.165) is 11.8 Å². The first-order valence-corrected chi connectivity index (χ1v) is 3.97. The molecular weight excluding hydrogens is 164 g/mol. The van der Waals surface area contributed by atoms with Crippen LogP contribution < -0.4 is 0 Å². The van der Waals surface area contributed by atoms with Crippen molar-refractivity contribution in [2.24, 2.45) is 0 Å². The maximum Gasteiger partial charge on any atom is 0.150 e. The lowest BCUT2D eigenvalue weighted by atomic mass is 10.1. The summed E-state index contributed by atoms with van der Waals surface area (Å²) in [5.74, 6) is 5.40. The average Bonchev–Trinajstić information content (AvgIpc) is 2.15. The van der Waals surface area contributed by atoms with Gasteiger partial charge in [-0.15, -0.1) is 0 Å². The van der Waals surface area contributed by atoms with Crippen LogP contribution in [-0.2, 0) is 0 Å². The molecule has 0 aliphatic heterocycles. The molecule has 0 aliphatic rings. The molecule has 0 aliphatic carbocycles. The highest BCUT2D eigenvalue weighted by atomic mass is 16.3. The van der Waals surface area contributed by atoms with Gasteiger partial charge in [-0.05, 0) is 19.1 Å². The Bertz CT molecular complexity index is 339. The first kappa shape index (κ1) is 9.50. The lowest BCUT2D eigenvalue weighted by Gasteiger charge is -1.91. The summed E-state index contributed by atoms with van der Waals surface area (Å²) in [5, 5.41) is 8.88. The molecule has 66 valence electrons. The van der Waals surface area contributed by atoms with Crippen LogP contribution in [0, 0.1) is 11.8 Å². The first-order valence-electron chi connectivity index (χ1n) is 3.97. The lowest BCUT2D eigenvalue weighted by molar-refractivity contribution is 0.112. The molecule has 1 N–H and O–H groups in total. The highest BCUT2D eigenvalue weighted by Crippen LogP contribution is 2.00. The summed E-state index contributed by atoms with van der Waals surface area (Å²) < 4.78 is 0. The number of benzene rings is 1. The molecule has 13 heavy (non-hydrogen) atoms. The molecule has 1 atom stereocenters. The van der Waals surface area contributed by atoms with E-state index < -0.39 is 6.10 Å². The number of hydrogen-bond acceptors (Lipinski definition) is 2. The molecule has 1 rings (SSSR count). The normalized spacial score (nSPS) is 11.2. The molecule has 0 fully saturated rings. The van der Waals surface area contributed by atoms with Crippen molar-refractivity contribution in [1.29, 1.82) is 0 Å². The van der Waals surface area contributed by atoms with Crippen molar-refractivity contribution in [2.75, 3.05) is 0 Å². The number of rotatable bonds is 1. The molecule has 0 saturated heterocycles. The van der Waals surface area contributed by atoms with E-state index in [1.807, 2.05) is 0 Å². The largest absolute Gasteiger partial charge is 0.381 e. The van der Waals surface area contributed by atoms with Crippen LogP contribution in [0.25, 0.3) is 0 Å². The zero-order valence-electron chi connectivity index (χ0n) is 7.32. The van der Waals surface area contributed by atoms with E-state index in [1.165, 1.54) is 0 Å². The predicted octanol–water partition coefficient (Wildman–Crippen LogP) is 1.23. The van der Waals surface area contributed by atoms with Gasteiger partial charge in [-0.2, -0.15) is 0 Å². The Hall–Kier alpha value is -1.59. The Balaban J connectivity index is 2.82. The highest BCUT2D eigenvalue weighted by Gasteiger charge is 1.89. The van der Waals surface area contributed by atoms with E-state index in [-0.39, 0.29) is 0 Å².